The van der Waals surface area contributed by atoms with Crippen LogP contribution < -0.4 is 0 Å². The van der Waals surface area contributed by atoms with E-state index in [2.05, 4.69) is 28.6 Å². The summed E-state index contributed by atoms with van der Waals surface area (Å²) in [4.78, 5) is 19.5. The average Bonchev–Trinajstić information content (AvgIpc) is 3.33. The van der Waals surface area contributed by atoms with Crippen LogP contribution in [0.5, 0.6) is 0 Å². The molecular weight excluding hydrogens is 340 g/mol. The number of amides is 1. The Kier molecular flexibility index (Phi) is 4.35. The van der Waals surface area contributed by atoms with Crippen molar-refractivity contribution in [3.05, 3.63) is 93.8 Å². The summed E-state index contributed by atoms with van der Waals surface area (Å²) in [6.45, 7) is 2.03. The lowest BCUT2D eigenvalue weighted by Gasteiger charge is -2.27. The van der Waals surface area contributed by atoms with Gasteiger partial charge in [-0.25, -0.2) is 0 Å². The van der Waals surface area contributed by atoms with E-state index < -0.39 is 0 Å². The van der Waals surface area contributed by atoms with Crippen molar-refractivity contribution >= 4 is 28.1 Å². The summed E-state index contributed by atoms with van der Waals surface area (Å²) in [5, 5.41) is 3.20. The Bertz CT molecular complexity index is 1030. The maximum absolute atomic E-state index is 13.1. The van der Waals surface area contributed by atoms with Gasteiger partial charge in [0.15, 0.2) is 0 Å². The normalized spacial score (nSPS) is 12.2. The Balaban J connectivity index is 1.79. The monoisotopic (exact) mass is 360 g/mol. The van der Waals surface area contributed by atoms with E-state index in [-0.39, 0.29) is 11.9 Å². The minimum absolute atomic E-state index is 0.0219. The number of aryl methyl sites for hydroxylation is 1. The van der Waals surface area contributed by atoms with Gasteiger partial charge in [0.25, 0.3) is 5.91 Å². The van der Waals surface area contributed by atoms with Crippen LogP contribution in [0.4, 0.5) is 0 Å². The maximum atomic E-state index is 13.1. The molecule has 0 aliphatic carbocycles. The fourth-order valence-corrected chi connectivity index (χ4v) is 4.22. The zero-order chi connectivity index (χ0) is 18.1. The highest BCUT2D eigenvalue weighted by atomic mass is 32.1. The van der Waals surface area contributed by atoms with Crippen molar-refractivity contribution in [2.75, 3.05) is 7.05 Å². The molecule has 0 saturated carbocycles. The first-order valence-electron chi connectivity index (χ1n) is 8.58. The third kappa shape index (κ3) is 2.93. The number of hydrogen-bond acceptors (Lipinski definition) is 2. The van der Waals surface area contributed by atoms with Crippen LogP contribution in [0.2, 0.25) is 0 Å². The highest BCUT2D eigenvalue weighted by Gasteiger charge is 2.27. The number of hydrogen-bond donors (Lipinski definition) is 1. The lowest BCUT2D eigenvalue weighted by Crippen LogP contribution is -2.31. The molecule has 0 aliphatic heterocycles. The zero-order valence-corrected chi connectivity index (χ0v) is 15.6. The third-order valence-corrected chi connectivity index (χ3v) is 5.66. The maximum Gasteiger partial charge on any atom is 0.254 e. The predicted molar refractivity (Wildman–Crippen MR) is 108 cm³/mol. The van der Waals surface area contributed by atoms with E-state index in [1.807, 2.05) is 67.5 Å². The summed E-state index contributed by atoms with van der Waals surface area (Å²) in [6.07, 6.45) is 2.02. The fraction of sp³-hybridized carbons (Fsp3) is 0.136. The molecular formula is C22H20N2OS. The second kappa shape index (κ2) is 6.81. The van der Waals surface area contributed by atoms with E-state index in [0.29, 0.717) is 5.56 Å². The van der Waals surface area contributed by atoms with Crippen molar-refractivity contribution in [3.8, 4) is 0 Å². The van der Waals surface area contributed by atoms with Crippen molar-refractivity contribution in [2.45, 2.75) is 13.0 Å². The standard InChI is InChI=1S/C22H20N2OS/c1-15-9-11-16(12-10-15)22(25)24(2)21(20-8-5-13-26-20)18-14-23-19-7-4-3-6-17(18)19/h3-14,21,23H,1-2H3/t21-/m0/s1. The van der Waals surface area contributed by atoms with Crippen molar-refractivity contribution in [3.63, 3.8) is 0 Å². The molecule has 26 heavy (non-hydrogen) atoms. The second-order valence-corrected chi connectivity index (χ2v) is 7.47. The van der Waals surface area contributed by atoms with Gasteiger partial charge in [-0.3, -0.25) is 4.79 Å². The molecule has 4 heteroatoms. The minimum atomic E-state index is -0.125. The number of aromatic nitrogens is 1. The fourth-order valence-electron chi connectivity index (χ4n) is 3.34. The molecule has 0 bridgehead atoms. The molecule has 0 unspecified atom stereocenters. The smallest absolute Gasteiger partial charge is 0.254 e. The van der Waals surface area contributed by atoms with Crippen molar-refractivity contribution in [1.82, 2.24) is 9.88 Å². The molecule has 2 heterocycles. The SMILES string of the molecule is Cc1ccc(C(=O)N(C)[C@H](c2cccs2)c2c[nH]c3ccccc23)cc1. The van der Waals surface area contributed by atoms with Crippen LogP contribution >= 0.6 is 11.3 Å². The number of thiophene rings is 1. The number of nitrogens with one attached hydrogen (secondary N) is 1. The largest absolute Gasteiger partial charge is 0.361 e. The molecule has 1 N–H and O–H groups in total. The van der Waals surface area contributed by atoms with E-state index in [9.17, 15) is 4.79 Å². The summed E-state index contributed by atoms with van der Waals surface area (Å²) in [6, 6.07) is 20.0. The number of carbonyl (C=O) groups is 1. The van der Waals surface area contributed by atoms with Gasteiger partial charge in [0.1, 0.15) is 0 Å². The van der Waals surface area contributed by atoms with E-state index in [1.165, 1.54) is 0 Å². The molecule has 0 fully saturated rings. The first kappa shape index (κ1) is 16.6. The number of H-pyrrole nitrogens is 1. The average molecular weight is 360 g/mol. The van der Waals surface area contributed by atoms with E-state index in [1.54, 1.807) is 11.3 Å². The Morgan fingerprint density at radius 2 is 1.81 bits per heavy atom. The quantitative estimate of drug-likeness (QED) is 0.520. The number of carbonyl (C=O) groups excluding carboxylic acids is 1. The van der Waals surface area contributed by atoms with Gasteiger partial charge in [-0.1, -0.05) is 42.0 Å². The molecule has 0 aliphatic rings. The Morgan fingerprint density at radius 1 is 1.04 bits per heavy atom. The molecule has 2 aromatic carbocycles. The molecule has 0 radical (unpaired) electrons. The molecule has 3 nitrogen and oxygen atoms in total. The van der Waals surface area contributed by atoms with Gasteiger partial charge >= 0.3 is 0 Å². The van der Waals surface area contributed by atoms with Crippen LogP contribution in [0, 0.1) is 6.92 Å². The van der Waals surface area contributed by atoms with E-state index >= 15 is 0 Å². The molecule has 130 valence electrons. The first-order valence-corrected chi connectivity index (χ1v) is 9.46. The zero-order valence-electron chi connectivity index (χ0n) is 14.8. The van der Waals surface area contributed by atoms with Crippen LogP contribution in [0.25, 0.3) is 10.9 Å². The van der Waals surface area contributed by atoms with Crippen LogP contribution in [0.3, 0.4) is 0 Å². The molecule has 0 saturated heterocycles. The van der Waals surface area contributed by atoms with Gasteiger partial charge in [0.05, 0.1) is 6.04 Å². The number of rotatable bonds is 4. The Hall–Kier alpha value is -2.85. The molecule has 0 spiro atoms. The summed E-state index contributed by atoms with van der Waals surface area (Å²) < 4.78 is 0. The molecule has 1 amide bonds. The lowest BCUT2D eigenvalue weighted by atomic mass is 10.0. The van der Waals surface area contributed by atoms with Gasteiger partial charge in [-0.05, 0) is 36.6 Å². The van der Waals surface area contributed by atoms with E-state index in [4.69, 9.17) is 0 Å². The highest BCUT2D eigenvalue weighted by molar-refractivity contribution is 7.10. The van der Waals surface area contributed by atoms with Crippen LogP contribution in [-0.2, 0) is 0 Å². The predicted octanol–water partition coefficient (Wildman–Crippen LogP) is 5.40. The lowest BCUT2D eigenvalue weighted by molar-refractivity contribution is 0.0758. The number of nitrogens with zero attached hydrogens (tertiary/aromatic N) is 1. The van der Waals surface area contributed by atoms with Crippen molar-refractivity contribution < 1.29 is 4.79 Å². The van der Waals surface area contributed by atoms with Gasteiger partial charge in [-0.2, -0.15) is 0 Å². The number of fused-ring (bicyclic) bond motifs is 1. The van der Waals surface area contributed by atoms with E-state index in [0.717, 1.165) is 26.9 Å². The van der Waals surface area contributed by atoms with Crippen LogP contribution in [-0.4, -0.2) is 22.8 Å². The topological polar surface area (TPSA) is 36.1 Å². The molecule has 1 atom stereocenters. The minimum Gasteiger partial charge on any atom is -0.361 e. The summed E-state index contributed by atoms with van der Waals surface area (Å²) in [5.74, 6) is 0.0219. The van der Waals surface area contributed by atoms with Gasteiger partial charge in [0, 0.05) is 40.2 Å². The highest BCUT2D eigenvalue weighted by Crippen LogP contribution is 2.35. The second-order valence-electron chi connectivity index (χ2n) is 6.49. The van der Waals surface area contributed by atoms with Gasteiger partial charge < -0.3 is 9.88 Å². The summed E-state index contributed by atoms with van der Waals surface area (Å²) >= 11 is 1.67. The van der Waals surface area contributed by atoms with Crippen LogP contribution in [0.15, 0.2) is 72.2 Å². The molecule has 2 aromatic heterocycles. The first-order chi connectivity index (χ1) is 12.6. The van der Waals surface area contributed by atoms with Crippen molar-refractivity contribution in [1.29, 1.82) is 0 Å². The van der Waals surface area contributed by atoms with Gasteiger partial charge in [-0.15, -0.1) is 11.3 Å². The Morgan fingerprint density at radius 3 is 2.54 bits per heavy atom. The summed E-state index contributed by atoms with van der Waals surface area (Å²) in [5.41, 5.74) is 4.06. The molecule has 4 rings (SSSR count). The Labute approximate surface area is 156 Å². The van der Waals surface area contributed by atoms with Crippen LogP contribution in [0.1, 0.15) is 32.4 Å². The number of aromatic amines is 1. The number of para-hydroxylation sites is 1. The van der Waals surface area contributed by atoms with Crippen molar-refractivity contribution in [2.24, 2.45) is 0 Å². The third-order valence-electron chi connectivity index (χ3n) is 4.73. The van der Waals surface area contributed by atoms with Gasteiger partial charge in [0.2, 0.25) is 0 Å². The summed E-state index contributed by atoms with van der Waals surface area (Å²) in [7, 11) is 1.88. The molecule has 4 aromatic rings. The number of benzene rings is 2.